The second-order valence-electron chi connectivity index (χ2n) is 3.33. The topological polar surface area (TPSA) is 24.9 Å². The molecule has 2 nitrogen and oxygen atoms in total. The van der Waals surface area contributed by atoms with Gasteiger partial charge in [0.15, 0.2) is 17.5 Å². The molecule has 0 bridgehead atoms. The van der Waals surface area contributed by atoms with Crippen LogP contribution < -0.4 is 5.32 Å². The lowest BCUT2D eigenvalue weighted by molar-refractivity contribution is 0.449. The molecule has 1 heterocycles. The van der Waals surface area contributed by atoms with E-state index in [1.165, 1.54) is 12.3 Å². The lowest BCUT2D eigenvalue weighted by Crippen LogP contribution is -2.00. The first kappa shape index (κ1) is 13.2. The Hall–Kier alpha value is -1.27. The zero-order valence-corrected chi connectivity index (χ0v) is 11.0. The number of aromatic nitrogens is 1. The summed E-state index contributed by atoms with van der Waals surface area (Å²) in [6.45, 7) is 0. The second kappa shape index (κ2) is 5.16. The van der Waals surface area contributed by atoms with E-state index in [-0.39, 0.29) is 16.5 Å². The van der Waals surface area contributed by atoms with E-state index in [1.54, 1.807) is 0 Å². The van der Waals surface area contributed by atoms with E-state index in [4.69, 9.17) is 11.6 Å². The molecule has 0 spiro atoms. The quantitative estimate of drug-likeness (QED) is 0.806. The van der Waals surface area contributed by atoms with E-state index in [0.29, 0.717) is 4.47 Å². The standard InChI is InChI=1S/C11H5BrClF3N2/c12-5-3-6(13)11(17-4-5)18-8-2-1-7(14)9(15)10(8)16/h1-4H,(H,17,18). The van der Waals surface area contributed by atoms with Gasteiger partial charge in [-0.15, -0.1) is 0 Å². The number of hydrogen-bond donors (Lipinski definition) is 1. The summed E-state index contributed by atoms with van der Waals surface area (Å²) in [6, 6.07) is 3.41. The summed E-state index contributed by atoms with van der Waals surface area (Å²) in [5, 5.41) is 2.71. The molecule has 0 saturated carbocycles. The van der Waals surface area contributed by atoms with Gasteiger partial charge in [0.2, 0.25) is 0 Å². The van der Waals surface area contributed by atoms with Crippen molar-refractivity contribution in [3.63, 3.8) is 0 Å². The van der Waals surface area contributed by atoms with Gasteiger partial charge in [0, 0.05) is 10.7 Å². The highest BCUT2D eigenvalue weighted by Crippen LogP contribution is 2.28. The highest BCUT2D eigenvalue weighted by Gasteiger charge is 2.14. The number of halogens is 5. The van der Waals surface area contributed by atoms with Crippen LogP contribution in [0.3, 0.4) is 0 Å². The van der Waals surface area contributed by atoms with Gasteiger partial charge >= 0.3 is 0 Å². The van der Waals surface area contributed by atoms with Crippen LogP contribution >= 0.6 is 27.5 Å². The summed E-state index contributed by atoms with van der Waals surface area (Å²) in [6.07, 6.45) is 1.44. The molecule has 94 valence electrons. The molecule has 0 atom stereocenters. The molecule has 2 rings (SSSR count). The number of nitrogens with zero attached hydrogens (tertiary/aromatic N) is 1. The SMILES string of the molecule is Fc1ccc(Nc2ncc(Br)cc2Cl)c(F)c1F. The van der Waals surface area contributed by atoms with Gasteiger partial charge < -0.3 is 5.32 Å². The van der Waals surface area contributed by atoms with Crippen molar-refractivity contribution < 1.29 is 13.2 Å². The van der Waals surface area contributed by atoms with E-state index in [1.807, 2.05) is 0 Å². The number of nitrogens with one attached hydrogen (secondary N) is 1. The summed E-state index contributed by atoms with van der Waals surface area (Å²) in [5.41, 5.74) is -0.245. The lowest BCUT2D eigenvalue weighted by Gasteiger charge is -2.09. The van der Waals surface area contributed by atoms with Crippen molar-refractivity contribution in [2.75, 3.05) is 5.32 Å². The van der Waals surface area contributed by atoms with Crippen LogP contribution in [-0.4, -0.2) is 4.98 Å². The molecule has 0 amide bonds. The summed E-state index contributed by atoms with van der Waals surface area (Å²) in [5.74, 6) is -3.98. The van der Waals surface area contributed by atoms with Crippen molar-refractivity contribution in [2.24, 2.45) is 0 Å². The molecule has 2 aromatic rings. The van der Waals surface area contributed by atoms with Crippen LogP contribution in [0.4, 0.5) is 24.7 Å². The van der Waals surface area contributed by atoms with Crippen LogP contribution in [0.1, 0.15) is 0 Å². The largest absolute Gasteiger partial charge is 0.337 e. The summed E-state index contributed by atoms with van der Waals surface area (Å²) in [7, 11) is 0. The Morgan fingerprint density at radius 2 is 1.89 bits per heavy atom. The Kier molecular flexibility index (Phi) is 3.77. The van der Waals surface area contributed by atoms with Gasteiger partial charge in [-0.3, -0.25) is 0 Å². The zero-order chi connectivity index (χ0) is 13.3. The van der Waals surface area contributed by atoms with E-state index in [2.05, 4.69) is 26.2 Å². The molecule has 0 aliphatic carbocycles. The monoisotopic (exact) mass is 336 g/mol. The molecule has 0 aliphatic heterocycles. The average molecular weight is 338 g/mol. The fourth-order valence-corrected chi connectivity index (χ4v) is 1.93. The minimum absolute atomic E-state index is 0.143. The number of benzene rings is 1. The van der Waals surface area contributed by atoms with Gasteiger partial charge in [0.05, 0.1) is 10.7 Å². The maximum Gasteiger partial charge on any atom is 0.196 e. The van der Waals surface area contributed by atoms with Crippen LogP contribution in [0.25, 0.3) is 0 Å². The third-order valence-electron chi connectivity index (χ3n) is 2.10. The maximum absolute atomic E-state index is 13.4. The summed E-state index contributed by atoms with van der Waals surface area (Å²) < 4.78 is 39.8. The third-order valence-corrected chi connectivity index (χ3v) is 2.82. The minimum Gasteiger partial charge on any atom is -0.337 e. The smallest absolute Gasteiger partial charge is 0.196 e. The Balaban J connectivity index is 2.37. The third kappa shape index (κ3) is 2.59. The number of hydrogen-bond acceptors (Lipinski definition) is 2. The zero-order valence-electron chi connectivity index (χ0n) is 8.65. The molecule has 1 aromatic carbocycles. The van der Waals surface area contributed by atoms with Crippen molar-refractivity contribution in [2.45, 2.75) is 0 Å². The molecule has 0 radical (unpaired) electrons. The molecule has 0 unspecified atom stereocenters. The second-order valence-corrected chi connectivity index (χ2v) is 4.65. The van der Waals surface area contributed by atoms with E-state index >= 15 is 0 Å². The van der Waals surface area contributed by atoms with E-state index in [9.17, 15) is 13.2 Å². The molecule has 0 fully saturated rings. The van der Waals surface area contributed by atoms with Crippen molar-refractivity contribution in [1.29, 1.82) is 0 Å². The van der Waals surface area contributed by atoms with Crippen LogP contribution in [0.5, 0.6) is 0 Å². The lowest BCUT2D eigenvalue weighted by atomic mass is 10.2. The molecular formula is C11H5BrClF3N2. The van der Waals surface area contributed by atoms with Crippen LogP contribution in [0.15, 0.2) is 28.9 Å². The summed E-state index contributed by atoms with van der Waals surface area (Å²) >= 11 is 9.02. The van der Waals surface area contributed by atoms with Gasteiger partial charge in [-0.05, 0) is 34.1 Å². The Morgan fingerprint density at radius 1 is 1.17 bits per heavy atom. The fraction of sp³-hybridized carbons (Fsp3) is 0. The van der Waals surface area contributed by atoms with Crippen molar-refractivity contribution >= 4 is 39.0 Å². The highest BCUT2D eigenvalue weighted by atomic mass is 79.9. The van der Waals surface area contributed by atoms with Gasteiger partial charge in [0.25, 0.3) is 0 Å². The molecule has 1 N–H and O–H groups in total. The van der Waals surface area contributed by atoms with Crippen LogP contribution in [0.2, 0.25) is 5.02 Å². The molecule has 1 aromatic heterocycles. The fourth-order valence-electron chi connectivity index (χ4n) is 1.26. The average Bonchev–Trinajstić information content (AvgIpc) is 2.33. The van der Waals surface area contributed by atoms with Gasteiger partial charge in [-0.2, -0.15) is 0 Å². The molecule has 18 heavy (non-hydrogen) atoms. The Bertz CT molecular complexity index is 607. The van der Waals surface area contributed by atoms with E-state index < -0.39 is 17.5 Å². The van der Waals surface area contributed by atoms with Crippen molar-refractivity contribution in [3.05, 3.63) is 51.3 Å². The normalized spacial score (nSPS) is 10.5. The van der Waals surface area contributed by atoms with Gasteiger partial charge in [-0.25, -0.2) is 18.2 Å². The van der Waals surface area contributed by atoms with Crippen LogP contribution in [0, 0.1) is 17.5 Å². The first-order chi connectivity index (χ1) is 8.49. The first-order valence-corrected chi connectivity index (χ1v) is 5.87. The first-order valence-electron chi connectivity index (χ1n) is 4.70. The van der Waals surface area contributed by atoms with E-state index in [0.717, 1.165) is 12.1 Å². The molecular weight excluding hydrogens is 332 g/mol. The molecule has 0 saturated heterocycles. The number of rotatable bonds is 2. The molecule has 0 aliphatic rings. The maximum atomic E-state index is 13.4. The number of anilines is 2. The number of pyridine rings is 1. The molecule has 7 heteroatoms. The van der Waals surface area contributed by atoms with Gasteiger partial charge in [0.1, 0.15) is 5.82 Å². The predicted molar refractivity (Wildman–Crippen MR) is 66.5 cm³/mol. The van der Waals surface area contributed by atoms with Crippen molar-refractivity contribution in [3.8, 4) is 0 Å². The van der Waals surface area contributed by atoms with Crippen LogP contribution in [-0.2, 0) is 0 Å². The Labute approximate surface area is 114 Å². The van der Waals surface area contributed by atoms with Gasteiger partial charge in [-0.1, -0.05) is 11.6 Å². The summed E-state index contributed by atoms with van der Waals surface area (Å²) in [4.78, 5) is 3.89. The predicted octanol–water partition coefficient (Wildman–Crippen LogP) is 4.66. The minimum atomic E-state index is -1.55. The highest BCUT2D eigenvalue weighted by molar-refractivity contribution is 9.10. The Morgan fingerprint density at radius 3 is 2.56 bits per heavy atom. The van der Waals surface area contributed by atoms with Crippen molar-refractivity contribution in [1.82, 2.24) is 4.98 Å².